The van der Waals surface area contributed by atoms with Crippen LogP contribution >= 0.6 is 0 Å². The molecule has 0 spiro atoms. The van der Waals surface area contributed by atoms with E-state index in [1.165, 1.54) is 0 Å². The van der Waals surface area contributed by atoms with E-state index in [1.54, 1.807) is 13.1 Å². The molecule has 2 aromatic rings. The zero-order valence-corrected chi connectivity index (χ0v) is 9.34. The van der Waals surface area contributed by atoms with Crippen LogP contribution in [0.1, 0.15) is 10.5 Å². The van der Waals surface area contributed by atoms with E-state index in [4.69, 9.17) is 5.73 Å². The molecule has 0 saturated heterocycles. The third-order valence-corrected chi connectivity index (χ3v) is 2.27. The van der Waals surface area contributed by atoms with Crippen molar-refractivity contribution in [1.82, 2.24) is 9.97 Å². The molecule has 1 heterocycles. The van der Waals surface area contributed by atoms with Gasteiger partial charge < -0.3 is 11.1 Å². The van der Waals surface area contributed by atoms with Crippen LogP contribution in [0.25, 0.3) is 11.3 Å². The summed E-state index contributed by atoms with van der Waals surface area (Å²) in [6.45, 7) is 0. The summed E-state index contributed by atoms with van der Waals surface area (Å²) in [4.78, 5) is 19.4. The average molecular weight is 228 g/mol. The monoisotopic (exact) mass is 228 g/mol. The molecule has 1 amide bonds. The predicted molar refractivity (Wildman–Crippen MR) is 65.5 cm³/mol. The summed E-state index contributed by atoms with van der Waals surface area (Å²) in [5, 5.41) is 2.80. The van der Waals surface area contributed by atoms with E-state index in [1.807, 2.05) is 30.3 Å². The van der Waals surface area contributed by atoms with Gasteiger partial charge in [-0.15, -0.1) is 0 Å². The summed E-state index contributed by atoms with van der Waals surface area (Å²) in [5.41, 5.74) is 7.00. The van der Waals surface area contributed by atoms with Gasteiger partial charge >= 0.3 is 0 Å². The van der Waals surface area contributed by atoms with Gasteiger partial charge in [0.25, 0.3) is 5.91 Å². The summed E-state index contributed by atoms with van der Waals surface area (Å²) in [7, 11) is 1.69. The molecule has 17 heavy (non-hydrogen) atoms. The lowest BCUT2D eigenvalue weighted by atomic mass is 10.1. The minimum Gasteiger partial charge on any atom is -0.364 e. The Kier molecular flexibility index (Phi) is 3.00. The van der Waals surface area contributed by atoms with Crippen LogP contribution < -0.4 is 11.1 Å². The summed E-state index contributed by atoms with van der Waals surface area (Å²) in [6.07, 6.45) is 0. The van der Waals surface area contributed by atoms with Gasteiger partial charge in [-0.05, 0) is 6.07 Å². The van der Waals surface area contributed by atoms with Crippen molar-refractivity contribution < 1.29 is 4.79 Å². The van der Waals surface area contributed by atoms with Gasteiger partial charge in [0.05, 0.1) is 5.69 Å². The van der Waals surface area contributed by atoms with E-state index in [-0.39, 0.29) is 5.69 Å². The fourth-order valence-corrected chi connectivity index (χ4v) is 1.44. The number of amides is 1. The topological polar surface area (TPSA) is 80.9 Å². The van der Waals surface area contributed by atoms with Crippen LogP contribution in [0.4, 0.5) is 5.95 Å². The lowest BCUT2D eigenvalue weighted by Gasteiger charge is -2.05. The minimum atomic E-state index is -0.568. The van der Waals surface area contributed by atoms with Crippen molar-refractivity contribution in [2.24, 2.45) is 5.73 Å². The van der Waals surface area contributed by atoms with Crippen LogP contribution in [-0.4, -0.2) is 22.9 Å². The second-order valence-electron chi connectivity index (χ2n) is 3.44. The largest absolute Gasteiger partial charge is 0.364 e. The number of anilines is 1. The number of primary amides is 1. The van der Waals surface area contributed by atoms with Gasteiger partial charge in [-0.25, -0.2) is 9.97 Å². The molecule has 0 atom stereocenters. The maximum absolute atomic E-state index is 11.2. The molecular formula is C12H12N4O. The Morgan fingerprint density at radius 3 is 2.53 bits per heavy atom. The molecule has 86 valence electrons. The summed E-state index contributed by atoms with van der Waals surface area (Å²) < 4.78 is 0. The van der Waals surface area contributed by atoms with Crippen molar-refractivity contribution in [3.05, 3.63) is 42.1 Å². The van der Waals surface area contributed by atoms with Gasteiger partial charge in [-0.3, -0.25) is 4.79 Å². The first-order chi connectivity index (χ1) is 8.20. The van der Waals surface area contributed by atoms with Crippen LogP contribution in [0, 0.1) is 0 Å². The van der Waals surface area contributed by atoms with Crippen LogP contribution in [0.2, 0.25) is 0 Å². The first-order valence-electron chi connectivity index (χ1n) is 5.13. The van der Waals surface area contributed by atoms with E-state index in [0.29, 0.717) is 11.6 Å². The molecule has 5 nitrogen and oxygen atoms in total. The zero-order chi connectivity index (χ0) is 12.3. The van der Waals surface area contributed by atoms with Crippen molar-refractivity contribution in [2.45, 2.75) is 0 Å². The quantitative estimate of drug-likeness (QED) is 0.829. The Morgan fingerprint density at radius 1 is 1.24 bits per heavy atom. The lowest BCUT2D eigenvalue weighted by Crippen LogP contribution is -2.15. The third-order valence-electron chi connectivity index (χ3n) is 2.27. The third kappa shape index (κ3) is 2.39. The highest BCUT2D eigenvalue weighted by Gasteiger charge is 2.09. The average Bonchev–Trinajstić information content (AvgIpc) is 2.39. The molecule has 0 radical (unpaired) electrons. The number of carbonyl (C=O) groups is 1. The highest BCUT2D eigenvalue weighted by Crippen LogP contribution is 2.18. The van der Waals surface area contributed by atoms with Gasteiger partial charge in [-0.1, -0.05) is 30.3 Å². The molecule has 1 aromatic carbocycles. The Hall–Kier alpha value is -2.43. The number of rotatable bonds is 3. The summed E-state index contributed by atoms with van der Waals surface area (Å²) in [6, 6.07) is 11.1. The van der Waals surface area contributed by atoms with Crippen LogP contribution in [-0.2, 0) is 0 Å². The maximum atomic E-state index is 11.2. The Balaban J connectivity index is 2.54. The van der Waals surface area contributed by atoms with E-state index < -0.39 is 5.91 Å². The predicted octanol–water partition coefficient (Wildman–Crippen LogP) is 1.28. The van der Waals surface area contributed by atoms with Crippen LogP contribution in [0.3, 0.4) is 0 Å². The minimum absolute atomic E-state index is 0.197. The molecule has 0 aliphatic carbocycles. The van der Waals surface area contributed by atoms with E-state index >= 15 is 0 Å². The smallest absolute Gasteiger partial charge is 0.267 e. The maximum Gasteiger partial charge on any atom is 0.267 e. The molecule has 5 heteroatoms. The number of hydrogen-bond donors (Lipinski definition) is 2. The second kappa shape index (κ2) is 4.61. The molecule has 0 saturated carbocycles. The normalized spacial score (nSPS) is 9.94. The summed E-state index contributed by atoms with van der Waals surface area (Å²) >= 11 is 0. The van der Waals surface area contributed by atoms with Crippen molar-refractivity contribution >= 4 is 11.9 Å². The zero-order valence-electron chi connectivity index (χ0n) is 9.34. The van der Waals surface area contributed by atoms with E-state index in [0.717, 1.165) is 5.56 Å². The molecular weight excluding hydrogens is 216 g/mol. The fraction of sp³-hybridized carbons (Fsp3) is 0.0833. The number of hydrogen-bond acceptors (Lipinski definition) is 4. The van der Waals surface area contributed by atoms with Gasteiger partial charge in [0.15, 0.2) is 0 Å². The highest BCUT2D eigenvalue weighted by atomic mass is 16.1. The van der Waals surface area contributed by atoms with Crippen molar-refractivity contribution in [3.63, 3.8) is 0 Å². The molecule has 0 aliphatic rings. The molecule has 0 aliphatic heterocycles. The Bertz CT molecular complexity index is 539. The lowest BCUT2D eigenvalue weighted by molar-refractivity contribution is 0.0995. The van der Waals surface area contributed by atoms with Crippen LogP contribution in [0.15, 0.2) is 36.4 Å². The molecule has 2 rings (SSSR count). The highest BCUT2D eigenvalue weighted by molar-refractivity contribution is 5.92. The number of benzene rings is 1. The second-order valence-corrected chi connectivity index (χ2v) is 3.44. The Morgan fingerprint density at radius 2 is 1.94 bits per heavy atom. The number of nitrogens with zero attached hydrogens (tertiary/aromatic N) is 2. The summed E-state index contributed by atoms with van der Waals surface area (Å²) in [5.74, 6) is -0.193. The van der Waals surface area contributed by atoms with Crippen molar-refractivity contribution in [3.8, 4) is 11.3 Å². The Labute approximate surface area is 98.7 Å². The van der Waals surface area contributed by atoms with Crippen molar-refractivity contribution in [2.75, 3.05) is 12.4 Å². The molecule has 1 aromatic heterocycles. The number of nitrogens with one attached hydrogen (secondary N) is 1. The SMILES string of the molecule is CNc1nc(C(N)=O)cc(-c2ccccc2)n1. The first-order valence-corrected chi connectivity index (χ1v) is 5.13. The molecule has 0 bridgehead atoms. The standard InChI is InChI=1S/C12H12N4O/c1-14-12-15-9(7-10(16-12)11(13)17)8-5-3-2-4-6-8/h2-7H,1H3,(H2,13,17)(H,14,15,16). The van der Waals surface area contributed by atoms with Gasteiger partial charge in [0.1, 0.15) is 5.69 Å². The van der Waals surface area contributed by atoms with Gasteiger partial charge in [0, 0.05) is 12.6 Å². The number of aromatic nitrogens is 2. The van der Waals surface area contributed by atoms with Crippen molar-refractivity contribution in [1.29, 1.82) is 0 Å². The fourth-order valence-electron chi connectivity index (χ4n) is 1.44. The van der Waals surface area contributed by atoms with Gasteiger partial charge in [0.2, 0.25) is 5.95 Å². The first kappa shape index (κ1) is 11.1. The van der Waals surface area contributed by atoms with E-state index in [9.17, 15) is 4.79 Å². The molecule has 3 N–H and O–H groups in total. The van der Waals surface area contributed by atoms with Crippen LogP contribution in [0.5, 0.6) is 0 Å². The molecule has 0 unspecified atom stereocenters. The van der Waals surface area contributed by atoms with E-state index in [2.05, 4.69) is 15.3 Å². The molecule has 0 fully saturated rings. The number of carbonyl (C=O) groups excluding carboxylic acids is 1. The number of nitrogens with two attached hydrogens (primary N) is 1. The van der Waals surface area contributed by atoms with Gasteiger partial charge in [-0.2, -0.15) is 0 Å².